The molecule has 1 aliphatic rings. The van der Waals surface area contributed by atoms with Gasteiger partial charge in [0.1, 0.15) is 11.6 Å². The normalized spacial score (nSPS) is 12.6. The molecular formula is C23H19ClF2. The van der Waals surface area contributed by atoms with Crippen molar-refractivity contribution in [1.29, 1.82) is 0 Å². The van der Waals surface area contributed by atoms with Crippen molar-refractivity contribution in [1.82, 2.24) is 0 Å². The van der Waals surface area contributed by atoms with Gasteiger partial charge in [0.15, 0.2) is 0 Å². The van der Waals surface area contributed by atoms with Crippen molar-refractivity contribution in [3.05, 3.63) is 81.9 Å². The van der Waals surface area contributed by atoms with Crippen LogP contribution >= 0.6 is 11.6 Å². The van der Waals surface area contributed by atoms with Crippen molar-refractivity contribution in [3.63, 3.8) is 0 Å². The lowest BCUT2D eigenvalue weighted by Crippen LogP contribution is -2.08. The maximum absolute atomic E-state index is 15.2. The fourth-order valence-electron chi connectivity index (χ4n) is 3.83. The van der Waals surface area contributed by atoms with E-state index in [4.69, 9.17) is 11.6 Å². The van der Waals surface area contributed by atoms with E-state index in [2.05, 4.69) is 25.1 Å². The Kier molecular flexibility index (Phi) is 4.54. The zero-order chi connectivity index (χ0) is 18.3. The maximum atomic E-state index is 15.2. The Morgan fingerprint density at radius 1 is 0.885 bits per heavy atom. The van der Waals surface area contributed by atoms with Crippen LogP contribution in [0.25, 0.3) is 22.3 Å². The number of hydrogen-bond acceptors (Lipinski definition) is 0. The molecule has 132 valence electrons. The number of rotatable bonds is 3. The molecule has 3 aromatic rings. The highest BCUT2D eigenvalue weighted by molar-refractivity contribution is 6.30. The third kappa shape index (κ3) is 2.93. The maximum Gasteiger partial charge on any atom is 0.142 e. The Balaban J connectivity index is 1.80. The largest absolute Gasteiger partial charge is 0.206 e. The second-order valence-corrected chi connectivity index (χ2v) is 7.23. The lowest BCUT2D eigenvalue weighted by Gasteiger charge is -2.22. The number of halogens is 3. The minimum atomic E-state index is -0.532. The Morgan fingerprint density at radius 3 is 2.42 bits per heavy atom. The third-order valence-electron chi connectivity index (χ3n) is 5.12. The lowest BCUT2D eigenvalue weighted by molar-refractivity contribution is 0.610. The van der Waals surface area contributed by atoms with Crippen molar-refractivity contribution in [2.24, 2.45) is 0 Å². The number of aryl methyl sites for hydroxylation is 2. The molecule has 0 atom stereocenters. The quantitative estimate of drug-likeness (QED) is 0.466. The molecule has 0 N–H and O–H groups in total. The van der Waals surface area contributed by atoms with E-state index in [1.807, 2.05) is 6.07 Å². The van der Waals surface area contributed by atoms with E-state index in [1.165, 1.54) is 23.3 Å². The first-order chi connectivity index (χ1) is 12.6. The summed E-state index contributed by atoms with van der Waals surface area (Å²) in [5, 5.41) is 0.0453. The van der Waals surface area contributed by atoms with Gasteiger partial charge < -0.3 is 0 Å². The molecule has 0 saturated carbocycles. The lowest BCUT2D eigenvalue weighted by atomic mass is 9.82. The topological polar surface area (TPSA) is 0 Å². The predicted molar refractivity (Wildman–Crippen MR) is 104 cm³/mol. The first-order valence-electron chi connectivity index (χ1n) is 8.97. The zero-order valence-corrected chi connectivity index (χ0v) is 15.3. The van der Waals surface area contributed by atoms with Crippen LogP contribution in [0.4, 0.5) is 8.78 Å². The summed E-state index contributed by atoms with van der Waals surface area (Å²) in [5.74, 6) is -0.789. The first kappa shape index (κ1) is 17.2. The molecule has 1 aliphatic carbocycles. The monoisotopic (exact) mass is 368 g/mol. The summed E-state index contributed by atoms with van der Waals surface area (Å²) in [6.07, 6.45) is 3.67. The molecule has 0 radical (unpaired) electrons. The summed E-state index contributed by atoms with van der Waals surface area (Å²) >= 11 is 5.75. The van der Waals surface area contributed by atoms with Crippen LogP contribution in [0.5, 0.6) is 0 Å². The number of hydrogen-bond donors (Lipinski definition) is 0. The van der Waals surface area contributed by atoms with Crippen LogP contribution in [0.15, 0.2) is 48.5 Å². The van der Waals surface area contributed by atoms with Gasteiger partial charge in [0.2, 0.25) is 0 Å². The Morgan fingerprint density at radius 2 is 1.65 bits per heavy atom. The molecule has 0 aliphatic heterocycles. The summed E-state index contributed by atoms with van der Waals surface area (Å²) in [5.41, 5.74) is 6.33. The van der Waals surface area contributed by atoms with E-state index in [1.54, 1.807) is 12.1 Å². The first-order valence-corrected chi connectivity index (χ1v) is 9.35. The van der Waals surface area contributed by atoms with Gasteiger partial charge >= 0.3 is 0 Å². The summed E-state index contributed by atoms with van der Waals surface area (Å²) < 4.78 is 29.0. The van der Waals surface area contributed by atoms with Crippen LogP contribution in [0.1, 0.15) is 30.0 Å². The molecular weight excluding hydrogens is 350 g/mol. The van der Waals surface area contributed by atoms with Crippen molar-refractivity contribution >= 4 is 11.6 Å². The van der Waals surface area contributed by atoms with Crippen molar-refractivity contribution in [2.45, 2.75) is 32.6 Å². The molecule has 0 saturated heterocycles. The number of fused-ring (bicyclic) bond motifs is 3. The fraction of sp³-hybridized carbons (Fsp3) is 0.217. The molecule has 0 fully saturated rings. The van der Waals surface area contributed by atoms with Gasteiger partial charge in [-0.2, -0.15) is 0 Å². The van der Waals surface area contributed by atoms with Gasteiger partial charge in [0.05, 0.1) is 5.02 Å². The highest BCUT2D eigenvalue weighted by Gasteiger charge is 2.22. The molecule has 3 heteroatoms. The zero-order valence-electron chi connectivity index (χ0n) is 14.6. The van der Waals surface area contributed by atoms with E-state index in [0.717, 1.165) is 30.4 Å². The fourth-order valence-corrected chi connectivity index (χ4v) is 3.94. The van der Waals surface area contributed by atoms with Gasteiger partial charge in [-0.1, -0.05) is 61.3 Å². The van der Waals surface area contributed by atoms with Crippen LogP contribution in [0, 0.1) is 11.6 Å². The van der Waals surface area contributed by atoms with E-state index < -0.39 is 5.82 Å². The molecule has 3 aromatic carbocycles. The summed E-state index contributed by atoms with van der Waals surface area (Å²) in [4.78, 5) is 0. The van der Waals surface area contributed by atoms with Crippen molar-refractivity contribution in [3.8, 4) is 22.3 Å². The highest BCUT2D eigenvalue weighted by Crippen LogP contribution is 2.39. The number of benzene rings is 3. The summed E-state index contributed by atoms with van der Waals surface area (Å²) in [7, 11) is 0. The molecule has 0 unspecified atom stereocenters. The van der Waals surface area contributed by atoms with Crippen LogP contribution in [0.2, 0.25) is 5.02 Å². The molecule has 4 rings (SSSR count). The van der Waals surface area contributed by atoms with Crippen LogP contribution in [-0.4, -0.2) is 0 Å². The van der Waals surface area contributed by atoms with Gasteiger partial charge in [0.25, 0.3) is 0 Å². The van der Waals surface area contributed by atoms with Crippen LogP contribution in [0.3, 0.4) is 0 Å². The summed E-state index contributed by atoms with van der Waals surface area (Å²) in [6, 6.07) is 14.6. The third-order valence-corrected chi connectivity index (χ3v) is 5.42. The minimum Gasteiger partial charge on any atom is -0.206 e. The predicted octanol–water partition coefficient (Wildman–Crippen LogP) is 7.00. The molecule has 0 nitrogen and oxygen atoms in total. The molecule has 0 heterocycles. The van der Waals surface area contributed by atoms with E-state index in [-0.39, 0.29) is 10.8 Å². The van der Waals surface area contributed by atoms with Crippen molar-refractivity contribution in [2.75, 3.05) is 0 Å². The average molecular weight is 369 g/mol. The van der Waals surface area contributed by atoms with Crippen molar-refractivity contribution < 1.29 is 8.78 Å². The second-order valence-electron chi connectivity index (χ2n) is 6.82. The second kappa shape index (κ2) is 6.85. The van der Waals surface area contributed by atoms with E-state index in [0.29, 0.717) is 23.1 Å². The summed E-state index contributed by atoms with van der Waals surface area (Å²) in [6.45, 7) is 2.17. The van der Waals surface area contributed by atoms with Gasteiger partial charge in [0, 0.05) is 5.56 Å². The van der Waals surface area contributed by atoms with Gasteiger partial charge in [-0.25, -0.2) is 8.78 Å². The SMILES string of the molecule is CCCc1ccc2c(c1)CCc1c-2ccc(-c2ccc(Cl)c(F)c2)c1F. The van der Waals surface area contributed by atoms with Crippen LogP contribution in [-0.2, 0) is 19.3 Å². The van der Waals surface area contributed by atoms with Gasteiger partial charge in [-0.05, 0) is 64.8 Å². The van der Waals surface area contributed by atoms with Gasteiger partial charge in [-0.3, -0.25) is 0 Å². The molecule has 0 spiro atoms. The van der Waals surface area contributed by atoms with E-state index >= 15 is 4.39 Å². The molecule has 0 bridgehead atoms. The molecule has 26 heavy (non-hydrogen) atoms. The Bertz CT molecular complexity index is 992. The standard InChI is InChI=1S/C23H19ClF2/c1-2-3-14-4-7-17-15(12-14)5-8-20-19(17)10-9-18(23(20)26)16-6-11-21(24)22(25)13-16/h4,6-7,9-13H,2-3,5,8H2,1H3. The average Bonchev–Trinajstić information content (AvgIpc) is 2.64. The van der Waals surface area contributed by atoms with Crippen LogP contribution < -0.4 is 0 Å². The van der Waals surface area contributed by atoms with Gasteiger partial charge in [-0.15, -0.1) is 0 Å². The molecule has 0 amide bonds. The highest BCUT2D eigenvalue weighted by atomic mass is 35.5. The minimum absolute atomic E-state index is 0.0453. The Hall–Kier alpha value is -2.19. The smallest absolute Gasteiger partial charge is 0.142 e. The van der Waals surface area contributed by atoms with E-state index in [9.17, 15) is 4.39 Å². The molecule has 0 aromatic heterocycles. The Labute approximate surface area is 157 Å².